The Morgan fingerprint density at radius 3 is 3.05 bits per heavy atom. The average molecular weight is 278 g/mol. The first kappa shape index (κ1) is 14.2. The van der Waals surface area contributed by atoms with Gasteiger partial charge in [-0.2, -0.15) is 5.26 Å². The van der Waals surface area contributed by atoms with Gasteiger partial charge in [0, 0.05) is 17.6 Å². The Hall–Kier alpha value is -1.24. The lowest BCUT2D eigenvalue weighted by Crippen LogP contribution is -2.41. The first-order chi connectivity index (χ1) is 9.26. The fraction of sp³-hybridized carbons (Fsp3) is 0.533. The number of nitrogens with one attached hydrogen (secondary N) is 1. The predicted octanol–water partition coefficient (Wildman–Crippen LogP) is 3.18. The van der Waals surface area contributed by atoms with Gasteiger partial charge in [0.25, 0.3) is 0 Å². The van der Waals surface area contributed by atoms with Crippen LogP contribution in [0.1, 0.15) is 31.2 Å². The van der Waals surface area contributed by atoms with E-state index < -0.39 is 0 Å². The van der Waals surface area contributed by atoms with Crippen LogP contribution in [0.5, 0.6) is 0 Å². The molecular formula is C15H20ClN3. The van der Waals surface area contributed by atoms with Crippen LogP contribution < -0.4 is 10.2 Å². The highest BCUT2D eigenvalue weighted by molar-refractivity contribution is 6.30. The van der Waals surface area contributed by atoms with E-state index in [1.165, 1.54) is 19.3 Å². The lowest BCUT2D eigenvalue weighted by Gasteiger charge is -2.38. The van der Waals surface area contributed by atoms with Crippen molar-refractivity contribution in [2.24, 2.45) is 0 Å². The monoisotopic (exact) mass is 277 g/mol. The number of nitriles is 1. The summed E-state index contributed by atoms with van der Waals surface area (Å²) in [5, 5.41) is 13.2. The molecule has 102 valence electrons. The number of piperidine rings is 1. The van der Waals surface area contributed by atoms with E-state index in [1.54, 1.807) is 6.07 Å². The highest BCUT2D eigenvalue weighted by atomic mass is 35.5. The van der Waals surface area contributed by atoms with Crippen LogP contribution in [0.3, 0.4) is 0 Å². The molecule has 1 atom stereocenters. The van der Waals surface area contributed by atoms with E-state index >= 15 is 0 Å². The lowest BCUT2D eigenvalue weighted by molar-refractivity contribution is 0.433. The van der Waals surface area contributed by atoms with Gasteiger partial charge in [0.05, 0.1) is 11.3 Å². The molecule has 0 amide bonds. The molecule has 4 heteroatoms. The van der Waals surface area contributed by atoms with Crippen molar-refractivity contribution in [3.05, 3.63) is 28.8 Å². The maximum absolute atomic E-state index is 9.27. The van der Waals surface area contributed by atoms with Crippen LogP contribution >= 0.6 is 11.6 Å². The maximum Gasteiger partial charge on any atom is 0.101 e. The molecule has 19 heavy (non-hydrogen) atoms. The number of rotatable bonds is 4. The van der Waals surface area contributed by atoms with Crippen LogP contribution in [-0.2, 0) is 0 Å². The molecule has 0 spiro atoms. The molecule has 0 saturated carbocycles. The molecule has 3 nitrogen and oxygen atoms in total. The number of hydrogen-bond acceptors (Lipinski definition) is 3. The molecule has 1 aromatic carbocycles. The van der Waals surface area contributed by atoms with Crippen molar-refractivity contribution in [1.29, 1.82) is 5.26 Å². The molecule has 1 heterocycles. The fourth-order valence-electron chi connectivity index (χ4n) is 2.77. The van der Waals surface area contributed by atoms with Gasteiger partial charge in [0.1, 0.15) is 6.07 Å². The predicted molar refractivity (Wildman–Crippen MR) is 79.7 cm³/mol. The Morgan fingerprint density at radius 1 is 1.47 bits per heavy atom. The van der Waals surface area contributed by atoms with Crippen LogP contribution in [0.15, 0.2) is 18.2 Å². The summed E-state index contributed by atoms with van der Waals surface area (Å²) in [6.45, 7) is 2.02. The van der Waals surface area contributed by atoms with Crippen LogP contribution in [0.2, 0.25) is 5.02 Å². The second kappa shape index (κ2) is 6.79. The van der Waals surface area contributed by atoms with E-state index in [0.29, 0.717) is 11.1 Å². The second-order valence-corrected chi connectivity index (χ2v) is 5.44. The van der Waals surface area contributed by atoms with Crippen molar-refractivity contribution in [2.45, 2.75) is 31.7 Å². The molecular weight excluding hydrogens is 258 g/mol. The van der Waals surface area contributed by atoms with E-state index in [2.05, 4.69) is 16.3 Å². The van der Waals surface area contributed by atoms with Gasteiger partial charge in [0.15, 0.2) is 0 Å². The Kier molecular flexibility index (Phi) is 5.07. The normalized spacial score (nSPS) is 19.2. The minimum absolute atomic E-state index is 0.506. The molecule has 1 saturated heterocycles. The van der Waals surface area contributed by atoms with Gasteiger partial charge in [-0.25, -0.2) is 0 Å². The van der Waals surface area contributed by atoms with Crippen molar-refractivity contribution in [1.82, 2.24) is 5.32 Å². The zero-order valence-electron chi connectivity index (χ0n) is 11.3. The standard InChI is InChI=1S/C15H20ClN3/c1-18-8-7-14-4-2-3-9-19(14)15-10-13(16)6-5-12(15)11-17/h5-6,10,14,18H,2-4,7-9H2,1H3. The zero-order valence-corrected chi connectivity index (χ0v) is 12.1. The maximum atomic E-state index is 9.27. The fourth-order valence-corrected chi connectivity index (χ4v) is 2.93. The molecule has 0 radical (unpaired) electrons. The molecule has 1 aliphatic heterocycles. The van der Waals surface area contributed by atoms with Crippen molar-refractivity contribution in [2.75, 3.05) is 25.0 Å². The first-order valence-corrected chi connectivity index (χ1v) is 7.25. The van der Waals surface area contributed by atoms with Crippen LogP contribution in [-0.4, -0.2) is 26.2 Å². The Morgan fingerprint density at radius 2 is 2.32 bits per heavy atom. The van der Waals surface area contributed by atoms with Gasteiger partial charge in [-0.1, -0.05) is 11.6 Å². The number of nitrogens with zero attached hydrogens (tertiary/aromatic N) is 2. The highest BCUT2D eigenvalue weighted by Crippen LogP contribution is 2.31. The van der Waals surface area contributed by atoms with Crippen molar-refractivity contribution < 1.29 is 0 Å². The molecule has 0 aliphatic carbocycles. The van der Waals surface area contributed by atoms with Gasteiger partial charge in [-0.15, -0.1) is 0 Å². The average Bonchev–Trinajstić information content (AvgIpc) is 2.45. The number of halogens is 1. The van der Waals surface area contributed by atoms with Gasteiger partial charge in [0.2, 0.25) is 0 Å². The van der Waals surface area contributed by atoms with E-state index in [0.717, 1.165) is 30.8 Å². The van der Waals surface area contributed by atoms with E-state index in [1.807, 2.05) is 19.2 Å². The Bertz CT molecular complexity index is 467. The third-order valence-electron chi connectivity index (χ3n) is 3.74. The quantitative estimate of drug-likeness (QED) is 0.919. The van der Waals surface area contributed by atoms with Gasteiger partial charge in [-0.05, 0) is 57.5 Å². The minimum atomic E-state index is 0.506. The first-order valence-electron chi connectivity index (χ1n) is 6.87. The Labute approximate surface area is 120 Å². The molecule has 1 unspecified atom stereocenters. The SMILES string of the molecule is CNCCC1CCCCN1c1cc(Cl)ccc1C#N. The molecule has 0 aromatic heterocycles. The Balaban J connectivity index is 2.26. The summed E-state index contributed by atoms with van der Waals surface area (Å²) < 4.78 is 0. The van der Waals surface area contributed by atoms with Crippen molar-refractivity contribution >= 4 is 17.3 Å². The molecule has 1 N–H and O–H groups in total. The summed E-state index contributed by atoms with van der Waals surface area (Å²) in [4.78, 5) is 2.37. The van der Waals surface area contributed by atoms with Crippen LogP contribution in [0.25, 0.3) is 0 Å². The summed E-state index contributed by atoms with van der Waals surface area (Å²) in [6.07, 6.45) is 4.76. The van der Waals surface area contributed by atoms with Crippen LogP contribution in [0, 0.1) is 11.3 Å². The number of anilines is 1. The highest BCUT2D eigenvalue weighted by Gasteiger charge is 2.24. The molecule has 1 fully saturated rings. The summed E-state index contributed by atoms with van der Waals surface area (Å²) in [6, 6.07) is 8.32. The van der Waals surface area contributed by atoms with Gasteiger partial charge < -0.3 is 10.2 Å². The second-order valence-electron chi connectivity index (χ2n) is 5.01. The largest absolute Gasteiger partial charge is 0.367 e. The molecule has 1 aliphatic rings. The van der Waals surface area contributed by atoms with E-state index in [9.17, 15) is 5.26 Å². The number of hydrogen-bond donors (Lipinski definition) is 1. The number of benzene rings is 1. The summed E-state index contributed by atoms with van der Waals surface area (Å²) in [7, 11) is 1.98. The third-order valence-corrected chi connectivity index (χ3v) is 3.98. The summed E-state index contributed by atoms with van der Waals surface area (Å²) in [5.41, 5.74) is 1.72. The molecule has 2 rings (SSSR count). The van der Waals surface area contributed by atoms with Gasteiger partial charge >= 0.3 is 0 Å². The molecule has 0 bridgehead atoms. The van der Waals surface area contributed by atoms with E-state index in [-0.39, 0.29) is 0 Å². The summed E-state index contributed by atoms with van der Waals surface area (Å²) >= 11 is 6.10. The smallest absolute Gasteiger partial charge is 0.101 e. The molecule has 1 aromatic rings. The minimum Gasteiger partial charge on any atom is -0.367 e. The zero-order chi connectivity index (χ0) is 13.7. The van der Waals surface area contributed by atoms with Crippen molar-refractivity contribution in [3.8, 4) is 6.07 Å². The van der Waals surface area contributed by atoms with Crippen LogP contribution in [0.4, 0.5) is 5.69 Å². The topological polar surface area (TPSA) is 39.1 Å². The van der Waals surface area contributed by atoms with Gasteiger partial charge in [-0.3, -0.25) is 0 Å². The lowest BCUT2D eigenvalue weighted by atomic mass is 9.97. The van der Waals surface area contributed by atoms with Crippen molar-refractivity contribution in [3.63, 3.8) is 0 Å². The summed E-state index contributed by atoms with van der Waals surface area (Å²) in [5.74, 6) is 0. The van der Waals surface area contributed by atoms with E-state index in [4.69, 9.17) is 11.6 Å². The third kappa shape index (κ3) is 3.40.